The van der Waals surface area contributed by atoms with E-state index in [0.717, 1.165) is 50.0 Å². The second-order valence-electron chi connectivity index (χ2n) is 5.87. The molecule has 0 rings (SSSR count). The molecule has 0 aromatic heterocycles. The van der Waals surface area contributed by atoms with Gasteiger partial charge < -0.3 is 5.11 Å². The molecule has 0 radical (unpaired) electrons. The summed E-state index contributed by atoms with van der Waals surface area (Å²) in [6.07, 6.45) is 17.8. The summed E-state index contributed by atoms with van der Waals surface area (Å²) in [5.74, 6) is -0.685. The van der Waals surface area contributed by atoms with Crippen LogP contribution in [0, 0.1) is 0 Å². The number of carbonyl (C=O) groups is 1. The number of halogens is 1. The van der Waals surface area contributed by atoms with Crippen molar-refractivity contribution in [2.24, 2.45) is 0 Å². The smallest absolute Gasteiger partial charge is 0.303 e. The fourth-order valence-corrected chi connectivity index (χ4v) is 2.63. The van der Waals surface area contributed by atoms with E-state index in [4.69, 9.17) is 16.7 Å². The largest absolute Gasteiger partial charge is 0.481 e. The van der Waals surface area contributed by atoms with Crippen molar-refractivity contribution in [1.82, 2.24) is 0 Å². The molecule has 1 N–H and O–H groups in total. The first-order valence-corrected chi connectivity index (χ1v) is 9.11. The highest BCUT2D eigenvalue weighted by molar-refractivity contribution is 6.29. The molecular weight excluding hydrogens is 284 g/mol. The van der Waals surface area contributed by atoms with E-state index in [1.165, 1.54) is 38.5 Å². The Balaban J connectivity index is 3.30. The van der Waals surface area contributed by atoms with Gasteiger partial charge in [0.15, 0.2) is 0 Å². The SMILES string of the molecule is CCCCCCCC/C=C(/Cl)CCCCCCCC(=O)O. The standard InChI is InChI=1S/C18H33ClO2/c1-2-3-4-5-6-8-11-14-17(19)15-12-9-7-10-13-16-18(20)21/h14H,2-13,15-16H2,1H3,(H,20,21)/b17-14+. The van der Waals surface area contributed by atoms with Crippen LogP contribution >= 0.6 is 11.6 Å². The quantitative estimate of drug-likeness (QED) is 0.342. The lowest BCUT2D eigenvalue weighted by molar-refractivity contribution is -0.137. The molecule has 0 aromatic carbocycles. The van der Waals surface area contributed by atoms with Crippen molar-refractivity contribution < 1.29 is 9.90 Å². The van der Waals surface area contributed by atoms with Crippen molar-refractivity contribution in [2.45, 2.75) is 96.8 Å². The van der Waals surface area contributed by atoms with Gasteiger partial charge in [-0.05, 0) is 32.1 Å². The zero-order chi connectivity index (χ0) is 15.8. The van der Waals surface area contributed by atoms with Crippen LogP contribution in [-0.4, -0.2) is 11.1 Å². The average Bonchev–Trinajstić information content (AvgIpc) is 2.45. The number of hydrogen-bond acceptors (Lipinski definition) is 1. The molecule has 21 heavy (non-hydrogen) atoms. The monoisotopic (exact) mass is 316 g/mol. The maximum absolute atomic E-state index is 10.4. The van der Waals surface area contributed by atoms with Gasteiger partial charge in [0, 0.05) is 11.5 Å². The number of carboxylic acid groups (broad SMARTS) is 1. The van der Waals surface area contributed by atoms with Gasteiger partial charge in [0.2, 0.25) is 0 Å². The molecule has 3 heteroatoms. The van der Waals surface area contributed by atoms with Gasteiger partial charge in [-0.15, -0.1) is 0 Å². The number of unbranched alkanes of at least 4 members (excludes halogenated alkanes) is 10. The number of carboxylic acids is 1. The molecule has 0 bridgehead atoms. The summed E-state index contributed by atoms with van der Waals surface area (Å²) in [7, 11) is 0. The molecule has 0 spiro atoms. The third kappa shape index (κ3) is 17.4. The van der Waals surface area contributed by atoms with Crippen molar-refractivity contribution in [2.75, 3.05) is 0 Å². The Hall–Kier alpha value is -0.500. The molecule has 0 aliphatic rings. The maximum Gasteiger partial charge on any atom is 0.303 e. The minimum Gasteiger partial charge on any atom is -0.481 e. The molecule has 0 aliphatic heterocycles. The normalized spacial score (nSPS) is 11.8. The highest BCUT2D eigenvalue weighted by atomic mass is 35.5. The topological polar surface area (TPSA) is 37.3 Å². The minimum absolute atomic E-state index is 0.304. The van der Waals surface area contributed by atoms with Gasteiger partial charge in [-0.2, -0.15) is 0 Å². The van der Waals surface area contributed by atoms with Gasteiger partial charge in [-0.1, -0.05) is 76.0 Å². The average molecular weight is 317 g/mol. The van der Waals surface area contributed by atoms with E-state index in [9.17, 15) is 4.79 Å². The van der Waals surface area contributed by atoms with Crippen LogP contribution < -0.4 is 0 Å². The zero-order valence-corrected chi connectivity index (χ0v) is 14.5. The number of rotatable bonds is 15. The van der Waals surface area contributed by atoms with Crippen LogP contribution in [0.2, 0.25) is 0 Å². The van der Waals surface area contributed by atoms with E-state index in [0.29, 0.717) is 6.42 Å². The van der Waals surface area contributed by atoms with Crippen molar-refractivity contribution in [3.63, 3.8) is 0 Å². The second-order valence-corrected chi connectivity index (χ2v) is 6.35. The highest BCUT2D eigenvalue weighted by Gasteiger charge is 1.98. The summed E-state index contributed by atoms with van der Waals surface area (Å²) < 4.78 is 0. The summed E-state index contributed by atoms with van der Waals surface area (Å²) >= 11 is 6.21. The molecule has 0 fully saturated rings. The van der Waals surface area contributed by atoms with E-state index in [-0.39, 0.29) is 0 Å². The van der Waals surface area contributed by atoms with Gasteiger partial charge >= 0.3 is 5.97 Å². The Labute approximate surface area is 136 Å². The first kappa shape index (κ1) is 20.5. The molecule has 0 saturated heterocycles. The molecule has 0 amide bonds. The lowest BCUT2D eigenvalue weighted by atomic mass is 10.1. The van der Waals surface area contributed by atoms with E-state index >= 15 is 0 Å². The van der Waals surface area contributed by atoms with Crippen LogP contribution in [0.3, 0.4) is 0 Å². The number of allylic oxidation sites excluding steroid dienone is 2. The van der Waals surface area contributed by atoms with E-state index in [1.54, 1.807) is 0 Å². The Morgan fingerprint density at radius 3 is 2.00 bits per heavy atom. The second kappa shape index (κ2) is 15.9. The zero-order valence-electron chi connectivity index (χ0n) is 13.7. The van der Waals surface area contributed by atoms with Crippen LogP contribution in [-0.2, 0) is 4.79 Å². The summed E-state index contributed by atoms with van der Waals surface area (Å²) in [6.45, 7) is 2.24. The first-order valence-electron chi connectivity index (χ1n) is 8.73. The summed E-state index contributed by atoms with van der Waals surface area (Å²) in [5, 5.41) is 9.54. The van der Waals surface area contributed by atoms with Crippen LogP contribution in [0.4, 0.5) is 0 Å². The predicted octanol–water partition coefficient (Wildman–Crippen LogP) is 6.68. The van der Waals surface area contributed by atoms with Crippen molar-refractivity contribution in [3.05, 3.63) is 11.1 Å². The molecule has 124 valence electrons. The van der Waals surface area contributed by atoms with Gasteiger partial charge in [0.1, 0.15) is 0 Å². The molecule has 2 nitrogen and oxygen atoms in total. The lowest BCUT2D eigenvalue weighted by Gasteiger charge is -2.02. The predicted molar refractivity (Wildman–Crippen MR) is 91.9 cm³/mol. The first-order chi connectivity index (χ1) is 10.2. The van der Waals surface area contributed by atoms with Gasteiger partial charge in [-0.25, -0.2) is 0 Å². The molecular formula is C18H33ClO2. The van der Waals surface area contributed by atoms with Gasteiger partial charge in [-0.3, -0.25) is 4.79 Å². The Kier molecular flexibility index (Phi) is 15.5. The lowest BCUT2D eigenvalue weighted by Crippen LogP contribution is -1.93. The van der Waals surface area contributed by atoms with Crippen molar-refractivity contribution in [1.29, 1.82) is 0 Å². The molecule has 0 aromatic rings. The molecule has 0 heterocycles. The van der Waals surface area contributed by atoms with E-state index in [2.05, 4.69) is 13.0 Å². The van der Waals surface area contributed by atoms with Gasteiger partial charge in [0.25, 0.3) is 0 Å². The van der Waals surface area contributed by atoms with Crippen molar-refractivity contribution in [3.8, 4) is 0 Å². The fraction of sp³-hybridized carbons (Fsp3) is 0.833. The fourth-order valence-electron chi connectivity index (χ4n) is 2.39. The van der Waals surface area contributed by atoms with Gasteiger partial charge in [0.05, 0.1) is 0 Å². The summed E-state index contributed by atoms with van der Waals surface area (Å²) in [6, 6.07) is 0. The number of hydrogen-bond donors (Lipinski definition) is 1. The molecule has 0 aliphatic carbocycles. The van der Waals surface area contributed by atoms with E-state index < -0.39 is 5.97 Å². The Morgan fingerprint density at radius 1 is 0.857 bits per heavy atom. The molecule has 0 unspecified atom stereocenters. The van der Waals surface area contributed by atoms with Crippen LogP contribution in [0.1, 0.15) is 96.8 Å². The summed E-state index contributed by atoms with van der Waals surface area (Å²) in [5.41, 5.74) is 0. The highest BCUT2D eigenvalue weighted by Crippen LogP contribution is 2.16. The van der Waals surface area contributed by atoms with Crippen LogP contribution in [0.5, 0.6) is 0 Å². The third-order valence-corrected chi connectivity index (χ3v) is 4.07. The number of aliphatic carboxylic acids is 1. The Morgan fingerprint density at radius 2 is 1.38 bits per heavy atom. The minimum atomic E-state index is -0.685. The van der Waals surface area contributed by atoms with Crippen LogP contribution in [0.25, 0.3) is 0 Å². The third-order valence-electron chi connectivity index (χ3n) is 3.73. The summed E-state index contributed by atoms with van der Waals surface area (Å²) in [4.78, 5) is 10.4. The molecule has 0 atom stereocenters. The van der Waals surface area contributed by atoms with E-state index in [1.807, 2.05) is 0 Å². The van der Waals surface area contributed by atoms with Crippen LogP contribution in [0.15, 0.2) is 11.1 Å². The Bertz CT molecular complexity index is 274. The molecule has 0 saturated carbocycles. The van der Waals surface area contributed by atoms with Crippen molar-refractivity contribution >= 4 is 17.6 Å². The maximum atomic E-state index is 10.4.